The fourth-order valence-corrected chi connectivity index (χ4v) is 2.85. The molecule has 1 amide bonds. The van der Waals surface area contributed by atoms with E-state index in [2.05, 4.69) is 22.2 Å². The van der Waals surface area contributed by atoms with Crippen LogP contribution in [-0.2, 0) is 6.54 Å². The van der Waals surface area contributed by atoms with Gasteiger partial charge in [0.2, 0.25) is 0 Å². The lowest BCUT2D eigenvalue weighted by molar-refractivity contribution is 0.0953. The molecule has 1 fully saturated rings. The summed E-state index contributed by atoms with van der Waals surface area (Å²) in [6, 6.07) is 4.36. The Hall–Kier alpha value is -1.46. The smallest absolute Gasteiger partial charge is 0.266 e. The zero-order valence-electron chi connectivity index (χ0n) is 12.1. The molecule has 3 N–H and O–H groups in total. The zero-order chi connectivity index (χ0) is 14.4. The quantitative estimate of drug-likeness (QED) is 0.500. The molecule has 2 rings (SSSR count). The molecule has 1 aliphatic heterocycles. The molecule has 0 bridgehead atoms. The number of hydrazine groups is 1. The van der Waals surface area contributed by atoms with Gasteiger partial charge in [-0.2, -0.15) is 0 Å². The van der Waals surface area contributed by atoms with Crippen LogP contribution in [0.2, 0.25) is 0 Å². The first kappa shape index (κ1) is 14.9. The molecule has 1 atom stereocenters. The van der Waals surface area contributed by atoms with Crippen LogP contribution < -0.4 is 11.3 Å². The molecule has 5 nitrogen and oxygen atoms in total. The molecule has 5 heteroatoms. The molecule has 1 aliphatic rings. The van der Waals surface area contributed by atoms with Gasteiger partial charge in [-0.25, -0.2) is 5.84 Å². The van der Waals surface area contributed by atoms with Gasteiger partial charge in [0.05, 0.1) is 11.3 Å². The SMILES string of the molecule is CCC1CCCCCN1Cc1ccc(C(=O)NN)cn1. The first-order valence-electron chi connectivity index (χ1n) is 7.44. The fourth-order valence-electron chi connectivity index (χ4n) is 2.85. The minimum Gasteiger partial charge on any atom is -0.295 e. The van der Waals surface area contributed by atoms with E-state index in [0.29, 0.717) is 11.6 Å². The fraction of sp³-hybridized carbons (Fsp3) is 0.600. The third-order valence-corrected chi connectivity index (χ3v) is 4.05. The number of carbonyl (C=O) groups is 1. The van der Waals surface area contributed by atoms with Crippen molar-refractivity contribution in [2.75, 3.05) is 6.54 Å². The number of hydrogen-bond acceptors (Lipinski definition) is 4. The van der Waals surface area contributed by atoms with Gasteiger partial charge in [-0.1, -0.05) is 19.8 Å². The van der Waals surface area contributed by atoms with Gasteiger partial charge in [0.25, 0.3) is 5.91 Å². The Morgan fingerprint density at radius 1 is 1.45 bits per heavy atom. The van der Waals surface area contributed by atoms with Crippen LogP contribution in [0.4, 0.5) is 0 Å². The van der Waals surface area contributed by atoms with Crippen LogP contribution in [0.3, 0.4) is 0 Å². The van der Waals surface area contributed by atoms with Gasteiger partial charge in [-0.15, -0.1) is 0 Å². The highest BCUT2D eigenvalue weighted by atomic mass is 16.2. The van der Waals surface area contributed by atoms with Gasteiger partial charge in [-0.05, 0) is 37.9 Å². The van der Waals surface area contributed by atoms with E-state index in [1.807, 2.05) is 6.07 Å². The molecule has 1 aromatic heterocycles. The van der Waals surface area contributed by atoms with Crippen molar-refractivity contribution < 1.29 is 4.79 Å². The molecule has 110 valence electrons. The molecular formula is C15H24N4O. The maximum absolute atomic E-state index is 11.4. The molecule has 0 aliphatic carbocycles. The Labute approximate surface area is 120 Å². The number of nitrogens with one attached hydrogen (secondary N) is 1. The number of aromatic nitrogens is 1. The Morgan fingerprint density at radius 2 is 2.30 bits per heavy atom. The second-order valence-corrected chi connectivity index (χ2v) is 5.39. The zero-order valence-corrected chi connectivity index (χ0v) is 12.1. The highest BCUT2D eigenvalue weighted by molar-refractivity contribution is 5.93. The van der Waals surface area contributed by atoms with Crippen LogP contribution in [0.5, 0.6) is 0 Å². The molecule has 2 heterocycles. The van der Waals surface area contributed by atoms with Crippen LogP contribution in [-0.4, -0.2) is 28.4 Å². The van der Waals surface area contributed by atoms with E-state index in [0.717, 1.165) is 18.8 Å². The summed E-state index contributed by atoms with van der Waals surface area (Å²) in [5.74, 6) is 4.81. The van der Waals surface area contributed by atoms with Crippen LogP contribution in [0, 0.1) is 0 Å². The summed E-state index contributed by atoms with van der Waals surface area (Å²) in [7, 11) is 0. The summed E-state index contributed by atoms with van der Waals surface area (Å²) < 4.78 is 0. The van der Waals surface area contributed by atoms with Crippen molar-refractivity contribution >= 4 is 5.91 Å². The van der Waals surface area contributed by atoms with Gasteiger partial charge in [0.15, 0.2) is 0 Å². The average molecular weight is 276 g/mol. The predicted octanol–water partition coefficient (Wildman–Crippen LogP) is 1.84. The summed E-state index contributed by atoms with van der Waals surface area (Å²) in [4.78, 5) is 18.3. The highest BCUT2D eigenvalue weighted by Crippen LogP contribution is 2.20. The van der Waals surface area contributed by atoms with E-state index in [9.17, 15) is 4.79 Å². The largest absolute Gasteiger partial charge is 0.295 e. The molecule has 0 saturated carbocycles. The van der Waals surface area contributed by atoms with Crippen molar-refractivity contribution in [3.05, 3.63) is 29.6 Å². The summed E-state index contributed by atoms with van der Waals surface area (Å²) in [6.07, 6.45) is 7.99. The molecular weight excluding hydrogens is 252 g/mol. The van der Waals surface area contributed by atoms with E-state index in [-0.39, 0.29) is 5.91 Å². The number of nitrogens with two attached hydrogens (primary N) is 1. The Morgan fingerprint density at radius 3 is 2.95 bits per heavy atom. The van der Waals surface area contributed by atoms with Crippen LogP contribution in [0.1, 0.15) is 55.1 Å². The van der Waals surface area contributed by atoms with E-state index in [1.165, 1.54) is 32.1 Å². The van der Waals surface area contributed by atoms with Crippen LogP contribution in [0.25, 0.3) is 0 Å². The normalized spacial score (nSPS) is 20.4. The van der Waals surface area contributed by atoms with Crippen molar-refractivity contribution in [2.45, 2.75) is 51.6 Å². The van der Waals surface area contributed by atoms with E-state index in [1.54, 1.807) is 12.3 Å². The van der Waals surface area contributed by atoms with Gasteiger partial charge in [0.1, 0.15) is 0 Å². The number of amides is 1. The lowest BCUT2D eigenvalue weighted by Crippen LogP contribution is -2.34. The van der Waals surface area contributed by atoms with Crippen molar-refractivity contribution in [1.29, 1.82) is 0 Å². The number of nitrogens with zero attached hydrogens (tertiary/aromatic N) is 2. The summed E-state index contributed by atoms with van der Waals surface area (Å²) >= 11 is 0. The number of hydrogen-bond donors (Lipinski definition) is 2. The first-order valence-corrected chi connectivity index (χ1v) is 7.44. The minimum absolute atomic E-state index is 0.301. The van der Waals surface area contributed by atoms with Crippen LogP contribution in [0.15, 0.2) is 18.3 Å². The monoisotopic (exact) mass is 276 g/mol. The number of likely N-dealkylation sites (tertiary alicyclic amines) is 1. The maximum atomic E-state index is 11.4. The van der Waals surface area contributed by atoms with Crippen molar-refractivity contribution in [2.24, 2.45) is 5.84 Å². The highest BCUT2D eigenvalue weighted by Gasteiger charge is 2.19. The van der Waals surface area contributed by atoms with E-state index >= 15 is 0 Å². The molecule has 1 unspecified atom stereocenters. The molecule has 1 saturated heterocycles. The molecule has 0 spiro atoms. The third-order valence-electron chi connectivity index (χ3n) is 4.05. The second kappa shape index (κ2) is 7.36. The molecule has 0 radical (unpaired) electrons. The number of carbonyl (C=O) groups excluding carboxylic acids is 1. The number of nitrogen functional groups attached to an aromatic ring is 1. The summed E-state index contributed by atoms with van der Waals surface area (Å²) in [6.45, 7) is 4.26. The molecule has 1 aromatic rings. The number of rotatable bonds is 4. The Balaban J connectivity index is 2.02. The maximum Gasteiger partial charge on any atom is 0.266 e. The Kier molecular flexibility index (Phi) is 5.49. The van der Waals surface area contributed by atoms with E-state index < -0.39 is 0 Å². The van der Waals surface area contributed by atoms with Gasteiger partial charge in [-0.3, -0.25) is 20.1 Å². The molecule has 0 aromatic carbocycles. The number of pyridine rings is 1. The Bertz CT molecular complexity index is 432. The lowest BCUT2D eigenvalue weighted by Gasteiger charge is -2.28. The minimum atomic E-state index is -0.301. The van der Waals surface area contributed by atoms with Gasteiger partial charge >= 0.3 is 0 Å². The summed E-state index contributed by atoms with van der Waals surface area (Å²) in [5.41, 5.74) is 3.63. The predicted molar refractivity (Wildman–Crippen MR) is 78.8 cm³/mol. The standard InChI is InChI=1S/C15H24N4O/c1-2-14-6-4-3-5-9-19(14)11-13-8-7-12(10-17-13)15(20)18-16/h7-8,10,14H,2-6,9,11,16H2,1H3,(H,18,20). The first-order chi connectivity index (χ1) is 9.74. The topological polar surface area (TPSA) is 71.2 Å². The lowest BCUT2D eigenvalue weighted by atomic mass is 10.1. The van der Waals surface area contributed by atoms with Crippen molar-refractivity contribution in [3.8, 4) is 0 Å². The molecule has 20 heavy (non-hydrogen) atoms. The van der Waals surface area contributed by atoms with Crippen molar-refractivity contribution in [3.63, 3.8) is 0 Å². The average Bonchev–Trinajstić information content (AvgIpc) is 2.72. The van der Waals surface area contributed by atoms with Gasteiger partial charge in [0, 0.05) is 18.8 Å². The van der Waals surface area contributed by atoms with Crippen molar-refractivity contribution in [1.82, 2.24) is 15.3 Å². The second-order valence-electron chi connectivity index (χ2n) is 5.39. The summed E-state index contributed by atoms with van der Waals surface area (Å²) in [5, 5.41) is 0. The third kappa shape index (κ3) is 3.77. The van der Waals surface area contributed by atoms with E-state index in [4.69, 9.17) is 5.84 Å². The van der Waals surface area contributed by atoms with Gasteiger partial charge < -0.3 is 0 Å². The van der Waals surface area contributed by atoms with Crippen LogP contribution >= 0.6 is 0 Å².